The number of piperidine rings is 1. The van der Waals surface area contributed by atoms with Crippen molar-refractivity contribution in [1.82, 2.24) is 4.90 Å². The Kier molecular flexibility index (Phi) is 7.18. The predicted octanol–water partition coefficient (Wildman–Crippen LogP) is 3.78. The van der Waals surface area contributed by atoms with Crippen LogP contribution >= 0.6 is 0 Å². The van der Waals surface area contributed by atoms with Crippen molar-refractivity contribution in [3.8, 4) is 11.5 Å². The summed E-state index contributed by atoms with van der Waals surface area (Å²) in [4.78, 5) is 2.44. The monoisotopic (exact) mass is 321 g/mol. The second kappa shape index (κ2) is 9.14. The minimum atomic E-state index is -0.312. The zero-order valence-electron chi connectivity index (χ0n) is 14.8. The van der Waals surface area contributed by atoms with Gasteiger partial charge in [-0.3, -0.25) is 4.90 Å². The lowest BCUT2D eigenvalue weighted by atomic mass is 9.92. The topological polar surface area (TPSA) is 41.9 Å². The number of likely N-dealkylation sites (tertiary alicyclic amines) is 1. The summed E-state index contributed by atoms with van der Waals surface area (Å²) >= 11 is 0. The van der Waals surface area contributed by atoms with Crippen molar-refractivity contribution in [2.24, 2.45) is 0 Å². The molecule has 0 amide bonds. The highest BCUT2D eigenvalue weighted by atomic mass is 16.5. The van der Waals surface area contributed by atoms with Crippen LogP contribution < -0.4 is 9.47 Å². The third kappa shape index (κ3) is 4.61. The predicted molar refractivity (Wildman–Crippen MR) is 93.2 cm³/mol. The molecule has 0 spiro atoms. The lowest BCUT2D eigenvalue weighted by Crippen LogP contribution is -2.42. The van der Waals surface area contributed by atoms with E-state index in [1.54, 1.807) is 14.2 Å². The third-order valence-corrected chi connectivity index (χ3v) is 4.75. The largest absolute Gasteiger partial charge is 0.493 e. The number of unbranched alkanes of at least 4 members (excludes halogenated alkanes) is 3. The highest BCUT2D eigenvalue weighted by Crippen LogP contribution is 2.36. The van der Waals surface area contributed by atoms with Crippen molar-refractivity contribution >= 4 is 0 Å². The van der Waals surface area contributed by atoms with E-state index in [0.29, 0.717) is 0 Å². The first kappa shape index (κ1) is 18.1. The summed E-state index contributed by atoms with van der Waals surface area (Å²) in [5.74, 6) is 1.46. The van der Waals surface area contributed by atoms with E-state index in [4.69, 9.17) is 9.47 Å². The molecule has 1 aromatic rings. The van der Waals surface area contributed by atoms with E-state index < -0.39 is 0 Å². The molecule has 1 N–H and O–H groups in total. The van der Waals surface area contributed by atoms with Gasteiger partial charge in [0.15, 0.2) is 11.5 Å². The average molecular weight is 321 g/mol. The second-order valence-corrected chi connectivity index (χ2v) is 6.37. The molecule has 0 aliphatic carbocycles. The van der Waals surface area contributed by atoms with Crippen LogP contribution in [0, 0.1) is 0 Å². The van der Waals surface area contributed by atoms with Crippen LogP contribution in [0.2, 0.25) is 0 Å². The van der Waals surface area contributed by atoms with Crippen molar-refractivity contribution in [3.63, 3.8) is 0 Å². The summed E-state index contributed by atoms with van der Waals surface area (Å²) in [6, 6.07) is 6.06. The van der Waals surface area contributed by atoms with E-state index >= 15 is 0 Å². The molecular formula is C19H31NO3. The molecule has 1 aliphatic heterocycles. The first-order valence-electron chi connectivity index (χ1n) is 8.85. The van der Waals surface area contributed by atoms with Crippen molar-refractivity contribution in [3.05, 3.63) is 23.8 Å². The van der Waals surface area contributed by atoms with Gasteiger partial charge in [-0.25, -0.2) is 0 Å². The maximum absolute atomic E-state index is 10.6. The zero-order chi connectivity index (χ0) is 16.7. The maximum Gasteiger partial charge on any atom is 0.161 e. The van der Waals surface area contributed by atoms with Crippen LogP contribution in [0.25, 0.3) is 0 Å². The van der Waals surface area contributed by atoms with Crippen LogP contribution in [0.1, 0.15) is 57.1 Å². The molecule has 4 nitrogen and oxygen atoms in total. The maximum atomic E-state index is 10.6. The van der Waals surface area contributed by atoms with E-state index in [1.165, 1.54) is 25.7 Å². The first-order chi connectivity index (χ1) is 11.2. The van der Waals surface area contributed by atoms with Crippen molar-refractivity contribution in [2.75, 3.05) is 27.3 Å². The molecule has 1 saturated heterocycles. The van der Waals surface area contributed by atoms with Gasteiger partial charge >= 0.3 is 0 Å². The lowest BCUT2D eigenvalue weighted by Gasteiger charge is -2.39. The summed E-state index contributed by atoms with van der Waals surface area (Å²) in [5, 5.41) is 10.6. The minimum absolute atomic E-state index is 0.0604. The quantitative estimate of drug-likeness (QED) is 0.740. The molecule has 23 heavy (non-hydrogen) atoms. The Morgan fingerprint density at radius 1 is 1.13 bits per heavy atom. The molecule has 130 valence electrons. The molecular weight excluding hydrogens is 290 g/mol. The molecule has 0 radical (unpaired) electrons. The number of ether oxygens (including phenoxy) is 2. The summed E-state index contributed by atoms with van der Waals surface area (Å²) in [6.45, 7) is 4.34. The Morgan fingerprint density at radius 2 is 1.91 bits per heavy atom. The first-order valence-corrected chi connectivity index (χ1v) is 8.85. The van der Waals surface area contributed by atoms with Crippen molar-refractivity contribution in [2.45, 2.75) is 57.6 Å². The SMILES string of the molecule is CCCCCCN1CCC[C@H](O)[C@@H]1c1ccc(OC)c(OC)c1. The fourth-order valence-corrected chi connectivity index (χ4v) is 3.51. The van der Waals surface area contributed by atoms with E-state index in [9.17, 15) is 5.11 Å². The molecule has 1 aromatic carbocycles. The Bertz CT molecular complexity index is 478. The third-order valence-electron chi connectivity index (χ3n) is 4.75. The Hall–Kier alpha value is -1.26. The Labute approximate surface area is 140 Å². The van der Waals surface area contributed by atoms with Crippen LogP contribution in [0.5, 0.6) is 11.5 Å². The number of hydrogen-bond acceptors (Lipinski definition) is 4. The molecule has 1 heterocycles. The zero-order valence-corrected chi connectivity index (χ0v) is 14.8. The summed E-state index contributed by atoms with van der Waals surface area (Å²) in [5.41, 5.74) is 1.12. The van der Waals surface area contributed by atoms with Crippen LogP contribution in [-0.2, 0) is 0 Å². The number of rotatable bonds is 8. The van der Waals surface area contributed by atoms with Gasteiger partial charge in [-0.1, -0.05) is 32.3 Å². The number of aliphatic hydroxyl groups is 1. The smallest absolute Gasteiger partial charge is 0.161 e. The number of hydrogen-bond donors (Lipinski definition) is 1. The van der Waals surface area contributed by atoms with Gasteiger partial charge in [-0.2, -0.15) is 0 Å². The van der Waals surface area contributed by atoms with Crippen molar-refractivity contribution < 1.29 is 14.6 Å². The molecule has 1 aliphatic rings. The highest BCUT2D eigenvalue weighted by Gasteiger charge is 2.31. The van der Waals surface area contributed by atoms with E-state index in [1.807, 2.05) is 12.1 Å². The van der Waals surface area contributed by atoms with E-state index in [2.05, 4.69) is 17.9 Å². The Morgan fingerprint density at radius 3 is 2.61 bits per heavy atom. The Balaban J connectivity index is 2.14. The molecule has 0 bridgehead atoms. The van der Waals surface area contributed by atoms with Gasteiger partial charge in [0.1, 0.15) is 0 Å². The molecule has 0 unspecified atom stereocenters. The molecule has 2 rings (SSSR count). The van der Waals surface area contributed by atoms with Gasteiger partial charge in [0.05, 0.1) is 26.4 Å². The van der Waals surface area contributed by atoms with Crippen molar-refractivity contribution in [1.29, 1.82) is 0 Å². The van der Waals surface area contributed by atoms with Gasteiger partial charge in [0, 0.05) is 0 Å². The second-order valence-electron chi connectivity index (χ2n) is 6.37. The summed E-state index contributed by atoms with van der Waals surface area (Å²) < 4.78 is 10.7. The highest BCUT2D eigenvalue weighted by molar-refractivity contribution is 5.44. The van der Waals surface area contributed by atoms with Gasteiger partial charge in [0.25, 0.3) is 0 Å². The lowest BCUT2D eigenvalue weighted by molar-refractivity contribution is 0.00877. The number of benzene rings is 1. The minimum Gasteiger partial charge on any atom is -0.493 e. The molecule has 4 heteroatoms. The van der Waals surface area contributed by atoms with Crippen LogP contribution in [0.15, 0.2) is 18.2 Å². The summed E-state index contributed by atoms with van der Waals surface area (Å²) in [7, 11) is 3.30. The number of nitrogens with zero attached hydrogens (tertiary/aromatic N) is 1. The summed E-state index contributed by atoms with van der Waals surface area (Å²) in [6.07, 6.45) is 6.63. The van der Waals surface area contributed by atoms with E-state index in [-0.39, 0.29) is 12.1 Å². The molecule has 2 atom stereocenters. The van der Waals surface area contributed by atoms with Gasteiger partial charge in [-0.05, 0) is 50.0 Å². The van der Waals surface area contributed by atoms with Crippen LogP contribution in [-0.4, -0.2) is 43.4 Å². The fourth-order valence-electron chi connectivity index (χ4n) is 3.51. The molecule has 0 aromatic heterocycles. The molecule has 1 fully saturated rings. The van der Waals surface area contributed by atoms with Crippen LogP contribution in [0.4, 0.5) is 0 Å². The van der Waals surface area contributed by atoms with Gasteiger partial charge in [0.2, 0.25) is 0 Å². The normalized spacial score (nSPS) is 22.1. The average Bonchev–Trinajstić information content (AvgIpc) is 2.58. The standard InChI is InChI=1S/C19H31NO3/c1-4-5-6-7-12-20-13-8-9-16(21)19(20)15-10-11-17(22-2)18(14-15)23-3/h10-11,14,16,19,21H,4-9,12-13H2,1-3H3/t16-,19-/m0/s1. The fraction of sp³-hybridized carbons (Fsp3) is 0.684. The number of aliphatic hydroxyl groups excluding tert-OH is 1. The molecule has 0 saturated carbocycles. The van der Waals surface area contributed by atoms with Gasteiger partial charge in [-0.15, -0.1) is 0 Å². The van der Waals surface area contributed by atoms with Crippen LogP contribution in [0.3, 0.4) is 0 Å². The van der Waals surface area contributed by atoms with E-state index in [0.717, 1.165) is 43.0 Å². The number of methoxy groups -OCH3 is 2. The van der Waals surface area contributed by atoms with Gasteiger partial charge < -0.3 is 14.6 Å².